The van der Waals surface area contributed by atoms with Crippen molar-refractivity contribution in [1.82, 2.24) is 0 Å². The van der Waals surface area contributed by atoms with E-state index in [1.807, 2.05) is 25.1 Å². The predicted octanol–water partition coefficient (Wildman–Crippen LogP) is 3.35. The fourth-order valence-corrected chi connectivity index (χ4v) is 2.57. The standard InChI is InChI=1S/C15H22ClNO2/c1-10(6-11(2)14(17)9-15(18)19)7-12-4-3-5-13(16)8-12/h3-5,8,10-11,14H,6-7,9,17H2,1-2H3,(H,18,19). The first-order valence-corrected chi connectivity index (χ1v) is 6.98. The predicted molar refractivity (Wildman–Crippen MR) is 78.3 cm³/mol. The molecule has 0 aliphatic carbocycles. The summed E-state index contributed by atoms with van der Waals surface area (Å²) in [4.78, 5) is 10.6. The molecule has 0 aliphatic heterocycles. The van der Waals surface area contributed by atoms with Crippen LogP contribution in [0, 0.1) is 11.8 Å². The van der Waals surface area contributed by atoms with Gasteiger partial charge in [0.2, 0.25) is 0 Å². The maximum Gasteiger partial charge on any atom is 0.304 e. The molecule has 3 N–H and O–H groups in total. The van der Waals surface area contributed by atoms with E-state index in [1.165, 1.54) is 5.56 Å². The zero-order valence-corrected chi connectivity index (χ0v) is 12.2. The Morgan fingerprint density at radius 3 is 2.68 bits per heavy atom. The Labute approximate surface area is 119 Å². The second-order valence-corrected chi connectivity index (χ2v) is 5.85. The molecule has 4 heteroatoms. The molecule has 0 radical (unpaired) electrons. The van der Waals surface area contributed by atoms with Crippen LogP contribution in [0.15, 0.2) is 24.3 Å². The van der Waals surface area contributed by atoms with E-state index >= 15 is 0 Å². The van der Waals surface area contributed by atoms with Crippen LogP contribution >= 0.6 is 11.6 Å². The van der Waals surface area contributed by atoms with Crippen molar-refractivity contribution < 1.29 is 9.90 Å². The van der Waals surface area contributed by atoms with Crippen LogP contribution in [0.4, 0.5) is 0 Å². The summed E-state index contributed by atoms with van der Waals surface area (Å²) in [7, 11) is 0. The van der Waals surface area contributed by atoms with E-state index in [9.17, 15) is 4.79 Å². The summed E-state index contributed by atoms with van der Waals surface area (Å²) in [5.41, 5.74) is 7.09. The van der Waals surface area contributed by atoms with E-state index in [0.29, 0.717) is 5.92 Å². The van der Waals surface area contributed by atoms with Crippen molar-refractivity contribution in [1.29, 1.82) is 0 Å². The lowest BCUT2D eigenvalue weighted by Crippen LogP contribution is -2.32. The fourth-order valence-electron chi connectivity index (χ4n) is 2.36. The molecular weight excluding hydrogens is 262 g/mol. The minimum atomic E-state index is -0.832. The number of rotatable bonds is 7. The Kier molecular flexibility index (Phi) is 6.32. The smallest absolute Gasteiger partial charge is 0.304 e. The van der Waals surface area contributed by atoms with Crippen LogP contribution in [-0.2, 0) is 11.2 Å². The fraction of sp³-hybridized carbons (Fsp3) is 0.533. The van der Waals surface area contributed by atoms with E-state index in [0.717, 1.165) is 17.9 Å². The van der Waals surface area contributed by atoms with Gasteiger partial charge in [-0.1, -0.05) is 37.6 Å². The highest BCUT2D eigenvalue weighted by Gasteiger charge is 2.18. The summed E-state index contributed by atoms with van der Waals surface area (Å²) in [6.45, 7) is 4.17. The average molecular weight is 284 g/mol. The van der Waals surface area contributed by atoms with Crippen molar-refractivity contribution in [3.05, 3.63) is 34.9 Å². The summed E-state index contributed by atoms with van der Waals surface area (Å²) < 4.78 is 0. The Bertz CT molecular complexity index is 422. The molecule has 0 bridgehead atoms. The molecule has 0 saturated carbocycles. The van der Waals surface area contributed by atoms with Crippen LogP contribution in [0.3, 0.4) is 0 Å². The monoisotopic (exact) mass is 283 g/mol. The number of halogens is 1. The Morgan fingerprint density at radius 2 is 2.11 bits per heavy atom. The average Bonchev–Trinajstić information content (AvgIpc) is 2.27. The van der Waals surface area contributed by atoms with Gasteiger partial charge in [0.25, 0.3) is 0 Å². The molecule has 3 nitrogen and oxygen atoms in total. The molecule has 1 aromatic rings. The molecule has 0 fully saturated rings. The van der Waals surface area contributed by atoms with Crippen LogP contribution in [0.2, 0.25) is 5.02 Å². The number of carboxylic acids is 1. The molecular formula is C15H22ClNO2. The number of aliphatic carboxylic acids is 1. The van der Waals surface area contributed by atoms with E-state index in [1.54, 1.807) is 0 Å². The number of hydrogen-bond donors (Lipinski definition) is 2. The van der Waals surface area contributed by atoms with Crippen LogP contribution < -0.4 is 5.73 Å². The summed E-state index contributed by atoms with van der Waals surface area (Å²) in [6, 6.07) is 7.56. The molecule has 3 unspecified atom stereocenters. The van der Waals surface area contributed by atoms with Gasteiger partial charge in [0.15, 0.2) is 0 Å². The molecule has 0 spiro atoms. The van der Waals surface area contributed by atoms with Crippen molar-refractivity contribution >= 4 is 17.6 Å². The molecule has 0 amide bonds. The molecule has 0 aromatic heterocycles. The molecule has 106 valence electrons. The van der Waals surface area contributed by atoms with Gasteiger partial charge in [-0.3, -0.25) is 4.79 Å². The first-order valence-electron chi connectivity index (χ1n) is 6.60. The number of hydrogen-bond acceptors (Lipinski definition) is 2. The molecule has 1 rings (SSSR count). The number of benzene rings is 1. The Hall–Kier alpha value is -1.06. The van der Waals surface area contributed by atoms with Crippen molar-refractivity contribution in [3.63, 3.8) is 0 Å². The Morgan fingerprint density at radius 1 is 1.42 bits per heavy atom. The van der Waals surface area contributed by atoms with Crippen molar-refractivity contribution in [3.8, 4) is 0 Å². The van der Waals surface area contributed by atoms with Crippen molar-refractivity contribution in [2.45, 2.75) is 39.2 Å². The first-order chi connectivity index (χ1) is 8.88. The lowest BCUT2D eigenvalue weighted by molar-refractivity contribution is -0.137. The van der Waals surface area contributed by atoms with Gasteiger partial charge in [0, 0.05) is 11.1 Å². The summed E-state index contributed by atoms with van der Waals surface area (Å²) >= 11 is 5.96. The van der Waals surface area contributed by atoms with Crippen LogP contribution in [0.1, 0.15) is 32.3 Å². The third-order valence-electron chi connectivity index (χ3n) is 3.39. The quantitative estimate of drug-likeness (QED) is 0.807. The van der Waals surface area contributed by atoms with Gasteiger partial charge in [-0.25, -0.2) is 0 Å². The molecule has 0 heterocycles. The van der Waals surface area contributed by atoms with Crippen molar-refractivity contribution in [2.24, 2.45) is 17.6 Å². The molecule has 1 aromatic carbocycles. The van der Waals surface area contributed by atoms with Gasteiger partial charge in [0.1, 0.15) is 0 Å². The highest BCUT2D eigenvalue weighted by molar-refractivity contribution is 6.30. The second kappa shape index (κ2) is 7.51. The maximum atomic E-state index is 10.6. The third kappa shape index (κ3) is 6.08. The van der Waals surface area contributed by atoms with E-state index in [-0.39, 0.29) is 18.4 Å². The largest absolute Gasteiger partial charge is 0.481 e. The van der Waals surface area contributed by atoms with Crippen LogP contribution in [-0.4, -0.2) is 17.1 Å². The second-order valence-electron chi connectivity index (χ2n) is 5.41. The summed E-state index contributed by atoms with van der Waals surface area (Å²) in [6.07, 6.45) is 1.89. The number of nitrogens with two attached hydrogens (primary N) is 1. The molecule has 3 atom stereocenters. The maximum absolute atomic E-state index is 10.6. The number of carbonyl (C=O) groups is 1. The topological polar surface area (TPSA) is 63.3 Å². The minimum absolute atomic E-state index is 0.0328. The number of carboxylic acid groups (broad SMARTS) is 1. The Balaban J connectivity index is 2.46. The normalized spacial score (nSPS) is 15.8. The zero-order chi connectivity index (χ0) is 14.4. The zero-order valence-electron chi connectivity index (χ0n) is 11.5. The highest BCUT2D eigenvalue weighted by Crippen LogP contribution is 2.21. The van der Waals surface area contributed by atoms with E-state index in [2.05, 4.69) is 13.0 Å². The molecule has 19 heavy (non-hydrogen) atoms. The SMILES string of the molecule is CC(Cc1cccc(Cl)c1)CC(C)C(N)CC(=O)O. The lowest BCUT2D eigenvalue weighted by Gasteiger charge is -2.22. The lowest BCUT2D eigenvalue weighted by atomic mass is 9.87. The molecule has 0 saturated heterocycles. The summed E-state index contributed by atoms with van der Waals surface area (Å²) in [5.74, 6) is -0.180. The summed E-state index contributed by atoms with van der Waals surface area (Å²) in [5, 5.41) is 9.49. The van der Waals surface area contributed by atoms with Gasteiger partial charge in [-0.05, 0) is 42.4 Å². The van der Waals surface area contributed by atoms with Crippen LogP contribution in [0.25, 0.3) is 0 Å². The van der Waals surface area contributed by atoms with E-state index < -0.39 is 5.97 Å². The van der Waals surface area contributed by atoms with E-state index in [4.69, 9.17) is 22.4 Å². The van der Waals surface area contributed by atoms with Gasteiger partial charge < -0.3 is 10.8 Å². The van der Waals surface area contributed by atoms with Crippen LogP contribution in [0.5, 0.6) is 0 Å². The van der Waals surface area contributed by atoms with Gasteiger partial charge in [0.05, 0.1) is 6.42 Å². The third-order valence-corrected chi connectivity index (χ3v) is 3.62. The molecule has 0 aliphatic rings. The van der Waals surface area contributed by atoms with Gasteiger partial charge in [-0.15, -0.1) is 0 Å². The first kappa shape index (κ1) is 16.0. The van der Waals surface area contributed by atoms with Gasteiger partial charge in [-0.2, -0.15) is 0 Å². The van der Waals surface area contributed by atoms with Gasteiger partial charge >= 0.3 is 5.97 Å². The minimum Gasteiger partial charge on any atom is -0.481 e. The van der Waals surface area contributed by atoms with Crippen molar-refractivity contribution in [2.75, 3.05) is 0 Å². The highest BCUT2D eigenvalue weighted by atomic mass is 35.5.